The van der Waals surface area contributed by atoms with Crippen LogP contribution in [0.1, 0.15) is 29.2 Å². The number of nitrogens with zero attached hydrogens (tertiary/aromatic N) is 4. The second-order valence-electron chi connectivity index (χ2n) is 6.48. The van der Waals surface area contributed by atoms with Crippen LogP contribution in [-0.2, 0) is 17.3 Å². The number of hydrogen-bond donors (Lipinski definition) is 0. The fourth-order valence-electron chi connectivity index (χ4n) is 3.12. The summed E-state index contributed by atoms with van der Waals surface area (Å²) in [5, 5.41) is 12.8. The summed E-state index contributed by atoms with van der Waals surface area (Å²) in [6, 6.07) is 12.9. The lowest BCUT2D eigenvalue weighted by atomic mass is 9.98. The van der Waals surface area contributed by atoms with Gasteiger partial charge in [0.05, 0.1) is 18.2 Å². The number of halogens is 3. The van der Waals surface area contributed by atoms with E-state index in [4.69, 9.17) is 4.74 Å². The van der Waals surface area contributed by atoms with Crippen molar-refractivity contribution in [3.63, 3.8) is 0 Å². The van der Waals surface area contributed by atoms with Crippen molar-refractivity contribution in [3.8, 4) is 11.4 Å². The third-order valence-electron chi connectivity index (χ3n) is 4.59. The van der Waals surface area contributed by atoms with Crippen LogP contribution in [0.15, 0.2) is 48.5 Å². The van der Waals surface area contributed by atoms with Crippen molar-refractivity contribution in [3.05, 3.63) is 65.2 Å². The maximum absolute atomic E-state index is 12.7. The van der Waals surface area contributed by atoms with Crippen LogP contribution in [0.3, 0.4) is 0 Å². The van der Waals surface area contributed by atoms with Gasteiger partial charge in [0.1, 0.15) is 0 Å². The molecule has 1 aliphatic heterocycles. The molecule has 0 saturated carbocycles. The zero-order valence-electron chi connectivity index (χ0n) is 14.4. The van der Waals surface area contributed by atoms with E-state index < -0.39 is 11.7 Å². The molecule has 2 heterocycles. The Labute approximate surface area is 153 Å². The molecule has 1 unspecified atom stereocenters. The fourth-order valence-corrected chi connectivity index (χ4v) is 3.12. The van der Waals surface area contributed by atoms with Gasteiger partial charge in [-0.25, -0.2) is 0 Å². The van der Waals surface area contributed by atoms with Gasteiger partial charge in [-0.1, -0.05) is 36.4 Å². The molecule has 1 saturated heterocycles. The van der Waals surface area contributed by atoms with E-state index in [1.54, 1.807) is 4.80 Å². The first kappa shape index (κ1) is 17.7. The SMILES string of the molecule is FC(F)(F)c1ccc(Cc2ccccc2-c2nnn(C3CCOC3)n2)cc1. The lowest BCUT2D eigenvalue weighted by Crippen LogP contribution is -2.12. The molecule has 3 aromatic rings. The number of rotatable bonds is 4. The summed E-state index contributed by atoms with van der Waals surface area (Å²) in [6.45, 7) is 1.26. The number of tetrazole rings is 1. The molecule has 1 fully saturated rings. The van der Waals surface area contributed by atoms with Gasteiger partial charge in [0.2, 0.25) is 5.82 Å². The summed E-state index contributed by atoms with van der Waals surface area (Å²) < 4.78 is 43.5. The Morgan fingerprint density at radius 1 is 1.07 bits per heavy atom. The monoisotopic (exact) mass is 374 g/mol. The number of benzene rings is 2. The standard InChI is InChI=1S/C19H17F3N4O/c20-19(21,22)15-7-5-13(6-8-15)11-14-3-1-2-4-17(14)18-23-25-26(24-18)16-9-10-27-12-16/h1-8,16H,9-12H2. The average molecular weight is 374 g/mol. The quantitative estimate of drug-likeness (QED) is 0.695. The molecule has 0 radical (unpaired) electrons. The highest BCUT2D eigenvalue weighted by atomic mass is 19.4. The van der Waals surface area contributed by atoms with Gasteiger partial charge >= 0.3 is 6.18 Å². The summed E-state index contributed by atoms with van der Waals surface area (Å²) >= 11 is 0. The van der Waals surface area contributed by atoms with Gasteiger partial charge < -0.3 is 4.74 Å². The Bertz CT molecular complexity index is 915. The fraction of sp³-hybridized carbons (Fsp3) is 0.316. The molecular formula is C19H17F3N4O. The van der Waals surface area contributed by atoms with Crippen molar-refractivity contribution < 1.29 is 17.9 Å². The maximum atomic E-state index is 12.7. The van der Waals surface area contributed by atoms with Gasteiger partial charge in [0.25, 0.3) is 0 Å². The Hall–Kier alpha value is -2.74. The van der Waals surface area contributed by atoms with Crippen LogP contribution in [0.4, 0.5) is 13.2 Å². The third-order valence-corrected chi connectivity index (χ3v) is 4.59. The molecule has 140 valence electrons. The molecule has 0 N–H and O–H groups in total. The molecule has 5 nitrogen and oxygen atoms in total. The molecule has 0 bridgehead atoms. The predicted octanol–water partition coefficient (Wildman–Crippen LogP) is 3.91. The first-order valence-corrected chi connectivity index (χ1v) is 8.62. The molecule has 0 aliphatic carbocycles. The average Bonchev–Trinajstić information content (AvgIpc) is 3.34. The van der Waals surface area contributed by atoms with Crippen LogP contribution < -0.4 is 0 Å². The second kappa shape index (κ2) is 7.11. The molecular weight excluding hydrogens is 357 g/mol. The highest BCUT2D eigenvalue weighted by Crippen LogP contribution is 2.30. The van der Waals surface area contributed by atoms with Crippen LogP contribution in [-0.4, -0.2) is 33.4 Å². The first-order valence-electron chi connectivity index (χ1n) is 8.62. The minimum Gasteiger partial charge on any atom is -0.379 e. The molecule has 27 heavy (non-hydrogen) atoms. The summed E-state index contributed by atoms with van der Waals surface area (Å²) in [4.78, 5) is 1.58. The maximum Gasteiger partial charge on any atom is 0.416 e. The minimum absolute atomic E-state index is 0.0910. The summed E-state index contributed by atoms with van der Waals surface area (Å²) in [7, 11) is 0. The van der Waals surface area contributed by atoms with Gasteiger partial charge in [-0.15, -0.1) is 10.2 Å². The number of ether oxygens (including phenoxy) is 1. The van der Waals surface area contributed by atoms with Crippen molar-refractivity contribution in [1.29, 1.82) is 0 Å². The number of hydrogen-bond acceptors (Lipinski definition) is 4. The summed E-state index contributed by atoms with van der Waals surface area (Å²) in [6.07, 6.45) is -3.00. The van der Waals surface area contributed by atoms with E-state index in [-0.39, 0.29) is 6.04 Å². The van der Waals surface area contributed by atoms with E-state index in [1.165, 1.54) is 12.1 Å². The van der Waals surface area contributed by atoms with Crippen LogP contribution in [0, 0.1) is 0 Å². The van der Waals surface area contributed by atoms with Crippen molar-refractivity contribution >= 4 is 0 Å². The normalized spacial score (nSPS) is 17.4. The predicted molar refractivity (Wildman–Crippen MR) is 92.0 cm³/mol. The molecule has 1 atom stereocenters. The molecule has 4 rings (SSSR count). The molecule has 0 amide bonds. The van der Waals surface area contributed by atoms with E-state index >= 15 is 0 Å². The summed E-state index contributed by atoms with van der Waals surface area (Å²) in [5.74, 6) is 0.504. The van der Waals surface area contributed by atoms with Crippen molar-refractivity contribution in [1.82, 2.24) is 20.2 Å². The van der Waals surface area contributed by atoms with Gasteiger partial charge in [-0.05, 0) is 41.3 Å². The van der Waals surface area contributed by atoms with E-state index in [1.807, 2.05) is 24.3 Å². The zero-order chi connectivity index (χ0) is 18.9. The minimum atomic E-state index is -4.33. The largest absolute Gasteiger partial charge is 0.416 e. The van der Waals surface area contributed by atoms with E-state index in [0.717, 1.165) is 35.2 Å². The second-order valence-corrected chi connectivity index (χ2v) is 6.48. The molecule has 2 aromatic carbocycles. The topological polar surface area (TPSA) is 52.8 Å². The third kappa shape index (κ3) is 3.85. The van der Waals surface area contributed by atoms with Crippen molar-refractivity contribution in [2.45, 2.75) is 25.1 Å². The lowest BCUT2D eigenvalue weighted by Gasteiger charge is -2.09. The van der Waals surface area contributed by atoms with Gasteiger partial charge in [0, 0.05) is 12.2 Å². The van der Waals surface area contributed by atoms with Crippen molar-refractivity contribution in [2.75, 3.05) is 13.2 Å². The van der Waals surface area contributed by atoms with Gasteiger partial charge in [-0.2, -0.15) is 18.0 Å². The number of aromatic nitrogens is 4. The molecule has 8 heteroatoms. The van der Waals surface area contributed by atoms with Gasteiger partial charge in [0.15, 0.2) is 0 Å². The first-order chi connectivity index (χ1) is 13.0. The summed E-state index contributed by atoms with van der Waals surface area (Å²) in [5.41, 5.74) is 1.89. The molecule has 0 spiro atoms. The lowest BCUT2D eigenvalue weighted by molar-refractivity contribution is -0.137. The van der Waals surface area contributed by atoms with Crippen LogP contribution in [0.2, 0.25) is 0 Å². The smallest absolute Gasteiger partial charge is 0.379 e. The van der Waals surface area contributed by atoms with Crippen molar-refractivity contribution in [2.24, 2.45) is 0 Å². The molecule has 1 aliphatic rings. The number of alkyl halides is 3. The van der Waals surface area contributed by atoms with Crippen LogP contribution in [0.5, 0.6) is 0 Å². The highest BCUT2D eigenvalue weighted by molar-refractivity contribution is 5.60. The van der Waals surface area contributed by atoms with E-state index in [2.05, 4.69) is 15.4 Å². The van der Waals surface area contributed by atoms with E-state index in [9.17, 15) is 13.2 Å². The van der Waals surface area contributed by atoms with Crippen LogP contribution >= 0.6 is 0 Å². The van der Waals surface area contributed by atoms with E-state index in [0.29, 0.717) is 25.5 Å². The van der Waals surface area contributed by atoms with Gasteiger partial charge in [-0.3, -0.25) is 0 Å². The Kier molecular flexibility index (Phi) is 4.65. The van der Waals surface area contributed by atoms with Crippen LogP contribution in [0.25, 0.3) is 11.4 Å². The Morgan fingerprint density at radius 3 is 2.56 bits per heavy atom. The Morgan fingerprint density at radius 2 is 1.85 bits per heavy atom. The zero-order valence-corrected chi connectivity index (χ0v) is 14.4. The Balaban J connectivity index is 1.58. The molecule has 1 aromatic heterocycles. The highest BCUT2D eigenvalue weighted by Gasteiger charge is 2.30.